The summed E-state index contributed by atoms with van der Waals surface area (Å²) in [6, 6.07) is 1.40. The zero-order chi connectivity index (χ0) is 14.5. The van der Waals surface area contributed by atoms with Crippen molar-refractivity contribution in [2.24, 2.45) is 11.3 Å². The quantitative estimate of drug-likeness (QED) is 0.785. The molecule has 0 saturated carbocycles. The van der Waals surface area contributed by atoms with Gasteiger partial charge in [0.25, 0.3) is 0 Å². The van der Waals surface area contributed by atoms with Gasteiger partial charge in [-0.1, -0.05) is 48.0 Å². The van der Waals surface area contributed by atoms with Gasteiger partial charge in [-0.2, -0.15) is 0 Å². The summed E-state index contributed by atoms with van der Waals surface area (Å²) in [5, 5.41) is 3.78. The van der Waals surface area contributed by atoms with Crippen LogP contribution in [0.25, 0.3) is 0 Å². The first-order valence-corrected chi connectivity index (χ1v) is 8.32. The first-order valence-electron chi connectivity index (χ1n) is 8.32. The van der Waals surface area contributed by atoms with Gasteiger partial charge >= 0.3 is 0 Å². The Bertz CT molecular complexity index is 242. The van der Waals surface area contributed by atoms with E-state index in [1.807, 2.05) is 0 Å². The topological polar surface area (TPSA) is 15.3 Å². The van der Waals surface area contributed by atoms with E-state index in [1.165, 1.54) is 45.3 Å². The van der Waals surface area contributed by atoms with Crippen LogP contribution in [0.2, 0.25) is 0 Å². The summed E-state index contributed by atoms with van der Waals surface area (Å²) in [5.74, 6) is 0.839. The van der Waals surface area contributed by atoms with Crippen molar-refractivity contribution in [3.63, 3.8) is 0 Å². The van der Waals surface area contributed by atoms with E-state index in [1.54, 1.807) is 0 Å². The summed E-state index contributed by atoms with van der Waals surface area (Å²) >= 11 is 0. The zero-order valence-corrected chi connectivity index (χ0v) is 14.1. The van der Waals surface area contributed by atoms with Gasteiger partial charge in [-0.15, -0.1) is 0 Å². The molecule has 1 fully saturated rings. The van der Waals surface area contributed by atoms with Gasteiger partial charge < -0.3 is 5.32 Å². The largest absolute Gasteiger partial charge is 0.311 e. The van der Waals surface area contributed by atoms with Crippen molar-refractivity contribution in [3.8, 4) is 0 Å². The Morgan fingerprint density at radius 1 is 1.26 bits per heavy atom. The molecule has 0 amide bonds. The SMILES string of the molecule is CCCC1CNC(C(C)(C)C)CN1CCCC(C)C. The highest BCUT2D eigenvalue weighted by Gasteiger charge is 2.33. The molecular formula is C17H36N2. The van der Waals surface area contributed by atoms with Crippen molar-refractivity contribution in [2.75, 3.05) is 19.6 Å². The van der Waals surface area contributed by atoms with Gasteiger partial charge in [0.2, 0.25) is 0 Å². The van der Waals surface area contributed by atoms with Crippen molar-refractivity contribution < 1.29 is 0 Å². The van der Waals surface area contributed by atoms with Crippen LogP contribution in [-0.2, 0) is 0 Å². The highest BCUT2D eigenvalue weighted by molar-refractivity contribution is 4.91. The van der Waals surface area contributed by atoms with Crippen LogP contribution in [0.3, 0.4) is 0 Å². The van der Waals surface area contributed by atoms with E-state index >= 15 is 0 Å². The smallest absolute Gasteiger partial charge is 0.0244 e. The molecule has 2 unspecified atom stereocenters. The van der Waals surface area contributed by atoms with Crippen molar-refractivity contribution >= 4 is 0 Å². The Hall–Kier alpha value is -0.0800. The maximum absolute atomic E-state index is 3.78. The van der Waals surface area contributed by atoms with E-state index in [0.717, 1.165) is 12.0 Å². The second-order valence-electron chi connectivity index (χ2n) is 7.80. The van der Waals surface area contributed by atoms with Crippen LogP contribution in [0.5, 0.6) is 0 Å². The monoisotopic (exact) mass is 268 g/mol. The Morgan fingerprint density at radius 3 is 2.47 bits per heavy atom. The minimum atomic E-state index is 0.369. The molecule has 1 rings (SSSR count). The molecule has 0 spiro atoms. The maximum atomic E-state index is 3.78. The first-order chi connectivity index (χ1) is 8.84. The molecular weight excluding hydrogens is 232 g/mol. The number of hydrogen-bond acceptors (Lipinski definition) is 2. The molecule has 0 aromatic carbocycles. The predicted molar refractivity (Wildman–Crippen MR) is 85.6 cm³/mol. The van der Waals surface area contributed by atoms with Gasteiger partial charge in [-0.3, -0.25) is 4.90 Å². The lowest BCUT2D eigenvalue weighted by molar-refractivity contribution is 0.0787. The van der Waals surface area contributed by atoms with Crippen LogP contribution >= 0.6 is 0 Å². The summed E-state index contributed by atoms with van der Waals surface area (Å²) in [6.45, 7) is 17.7. The highest BCUT2D eigenvalue weighted by Crippen LogP contribution is 2.25. The number of hydrogen-bond donors (Lipinski definition) is 1. The molecule has 2 atom stereocenters. The molecule has 0 bridgehead atoms. The van der Waals surface area contributed by atoms with Gasteiger partial charge in [0.15, 0.2) is 0 Å². The molecule has 0 radical (unpaired) electrons. The Balaban J connectivity index is 2.52. The van der Waals surface area contributed by atoms with Crippen LogP contribution in [0.15, 0.2) is 0 Å². The second kappa shape index (κ2) is 7.64. The summed E-state index contributed by atoms with van der Waals surface area (Å²) in [4.78, 5) is 2.76. The van der Waals surface area contributed by atoms with Crippen LogP contribution in [-0.4, -0.2) is 36.6 Å². The van der Waals surface area contributed by atoms with Gasteiger partial charge in [0.1, 0.15) is 0 Å². The van der Waals surface area contributed by atoms with Gasteiger partial charge in [0, 0.05) is 25.2 Å². The molecule has 114 valence electrons. The molecule has 0 aliphatic carbocycles. The van der Waals surface area contributed by atoms with Crippen molar-refractivity contribution in [3.05, 3.63) is 0 Å². The van der Waals surface area contributed by atoms with E-state index in [0.29, 0.717) is 11.5 Å². The molecule has 19 heavy (non-hydrogen) atoms. The fraction of sp³-hybridized carbons (Fsp3) is 1.00. The maximum Gasteiger partial charge on any atom is 0.0244 e. The van der Waals surface area contributed by atoms with Gasteiger partial charge in [0.05, 0.1) is 0 Å². The average molecular weight is 268 g/mol. The molecule has 2 heteroatoms. The Morgan fingerprint density at radius 2 is 1.95 bits per heavy atom. The summed E-state index contributed by atoms with van der Waals surface area (Å²) in [6.07, 6.45) is 5.36. The average Bonchev–Trinajstić information content (AvgIpc) is 2.29. The minimum absolute atomic E-state index is 0.369. The molecule has 1 heterocycles. The first kappa shape index (κ1) is 17.0. The van der Waals surface area contributed by atoms with Crippen molar-refractivity contribution in [1.29, 1.82) is 0 Å². The third-order valence-corrected chi connectivity index (χ3v) is 4.43. The Labute approximate surface area is 121 Å². The van der Waals surface area contributed by atoms with Gasteiger partial charge in [-0.25, -0.2) is 0 Å². The van der Waals surface area contributed by atoms with Crippen LogP contribution in [0.4, 0.5) is 0 Å². The zero-order valence-electron chi connectivity index (χ0n) is 14.1. The van der Waals surface area contributed by atoms with Crippen LogP contribution in [0.1, 0.15) is 67.2 Å². The standard InChI is InChI=1S/C17H36N2/c1-7-9-15-12-18-16(17(4,5)6)13-19(15)11-8-10-14(2)3/h14-16,18H,7-13H2,1-6H3. The minimum Gasteiger partial charge on any atom is -0.311 e. The number of rotatable bonds is 6. The lowest BCUT2D eigenvalue weighted by Gasteiger charge is -2.45. The number of nitrogens with one attached hydrogen (secondary N) is 1. The summed E-state index contributed by atoms with van der Waals surface area (Å²) in [7, 11) is 0. The predicted octanol–water partition coefficient (Wildman–Crippen LogP) is 3.91. The molecule has 1 aliphatic heterocycles. The molecule has 1 N–H and O–H groups in total. The molecule has 0 aromatic heterocycles. The summed E-state index contributed by atoms with van der Waals surface area (Å²) in [5.41, 5.74) is 0.369. The molecule has 2 nitrogen and oxygen atoms in total. The Kier molecular flexibility index (Phi) is 6.82. The normalized spacial score (nSPS) is 26.1. The van der Waals surface area contributed by atoms with E-state index in [2.05, 4.69) is 51.8 Å². The van der Waals surface area contributed by atoms with Crippen molar-refractivity contribution in [2.45, 2.75) is 79.3 Å². The van der Waals surface area contributed by atoms with E-state index in [-0.39, 0.29) is 0 Å². The number of nitrogens with zero attached hydrogens (tertiary/aromatic N) is 1. The summed E-state index contributed by atoms with van der Waals surface area (Å²) < 4.78 is 0. The fourth-order valence-electron chi connectivity index (χ4n) is 3.03. The lowest BCUT2D eigenvalue weighted by atomic mass is 9.84. The van der Waals surface area contributed by atoms with Crippen LogP contribution < -0.4 is 5.32 Å². The third kappa shape index (κ3) is 5.83. The van der Waals surface area contributed by atoms with Crippen LogP contribution in [0, 0.1) is 11.3 Å². The highest BCUT2D eigenvalue weighted by atomic mass is 15.2. The fourth-order valence-corrected chi connectivity index (χ4v) is 3.03. The molecule has 1 aliphatic rings. The third-order valence-electron chi connectivity index (χ3n) is 4.43. The number of piperazine rings is 1. The molecule has 0 aromatic rings. The molecule has 1 saturated heterocycles. The van der Waals surface area contributed by atoms with Gasteiger partial charge in [-0.05, 0) is 37.1 Å². The van der Waals surface area contributed by atoms with E-state index in [9.17, 15) is 0 Å². The van der Waals surface area contributed by atoms with Crippen molar-refractivity contribution in [1.82, 2.24) is 10.2 Å². The van der Waals surface area contributed by atoms with E-state index < -0.39 is 0 Å². The lowest BCUT2D eigenvalue weighted by Crippen LogP contribution is -2.60. The van der Waals surface area contributed by atoms with E-state index in [4.69, 9.17) is 0 Å². The second-order valence-corrected chi connectivity index (χ2v) is 7.80.